The number of nitrogens with zero attached hydrogens (tertiary/aromatic N) is 2. The molecule has 1 saturated heterocycles. The third kappa shape index (κ3) is 2.85. The van der Waals surface area contributed by atoms with E-state index in [-0.39, 0.29) is 5.54 Å². The second kappa shape index (κ2) is 5.84. The van der Waals surface area contributed by atoms with Gasteiger partial charge in [0.2, 0.25) is 0 Å². The molecule has 2 aliphatic rings. The number of piperidine rings is 1. The smallest absolute Gasteiger partial charge is 0.407 e. The Hall–Kier alpha value is -2.28. The fraction of sp³-hybridized carbons (Fsp3) is 0.444. The average Bonchev–Trinajstić information content (AvgIpc) is 2.45. The van der Waals surface area contributed by atoms with E-state index in [1.807, 2.05) is 31.2 Å². The second-order valence-electron chi connectivity index (χ2n) is 6.18. The van der Waals surface area contributed by atoms with E-state index in [1.165, 1.54) is 5.57 Å². The number of carboxylic acid groups (broad SMARTS) is 1. The summed E-state index contributed by atoms with van der Waals surface area (Å²) < 4.78 is 0. The normalized spacial score (nSPS) is 21.1. The summed E-state index contributed by atoms with van der Waals surface area (Å²) >= 11 is 0. The number of likely N-dealkylation sites (tertiary alicyclic amines) is 1. The van der Waals surface area contributed by atoms with Crippen LogP contribution in [0, 0.1) is 18.8 Å². The van der Waals surface area contributed by atoms with E-state index in [1.54, 1.807) is 4.90 Å². The summed E-state index contributed by atoms with van der Waals surface area (Å²) in [6, 6.07) is 5.80. The molecule has 1 N–H and O–H groups in total. The van der Waals surface area contributed by atoms with E-state index in [0.717, 1.165) is 43.5 Å². The fourth-order valence-electron chi connectivity index (χ4n) is 3.38. The van der Waals surface area contributed by atoms with Gasteiger partial charge in [-0.2, -0.15) is 0 Å². The van der Waals surface area contributed by atoms with Gasteiger partial charge in [0.25, 0.3) is 0 Å². The first-order valence-electron chi connectivity index (χ1n) is 7.73. The first-order chi connectivity index (χ1) is 10.6. The van der Waals surface area contributed by atoms with Crippen molar-refractivity contribution in [3.8, 4) is 11.8 Å². The fourth-order valence-corrected chi connectivity index (χ4v) is 3.38. The Morgan fingerprint density at radius 3 is 2.91 bits per heavy atom. The van der Waals surface area contributed by atoms with Gasteiger partial charge in [-0.05, 0) is 63.2 Å². The number of pyridine rings is 1. The second-order valence-corrected chi connectivity index (χ2v) is 6.18. The number of carbonyl (C=O) groups is 1. The lowest BCUT2D eigenvalue weighted by molar-refractivity contribution is 0.0110. The predicted octanol–water partition coefficient (Wildman–Crippen LogP) is 3.36. The molecule has 1 aliphatic carbocycles. The monoisotopic (exact) mass is 296 g/mol. The summed E-state index contributed by atoms with van der Waals surface area (Å²) in [7, 11) is 0. The number of rotatable bonds is 0. The molecule has 0 unspecified atom stereocenters. The lowest BCUT2D eigenvalue weighted by Crippen LogP contribution is -2.58. The first kappa shape index (κ1) is 14.6. The van der Waals surface area contributed by atoms with Crippen molar-refractivity contribution in [2.75, 3.05) is 6.54 Å². The predicted molar refractivity (Wildman–Crippen MR) is 84.5 cm³/mol. The van der Waals surface area contributed by atoms with Crippen LogP contribution in [0.25, 0.3) is 0 Å². The van der Waals surface area contributed by atoms with E-state index in [0.29, 0.717) is 6.54 Å². The van der Waals surface area contributed by atoms with Crippen molar-refractivity contribution in [2.24, 2.45) is 0 Å². The molecule has 1 aromatic heterocycles. The number of aryl methyl sites for hydroxylation is 1. The van der Waals surface area contributed by atoms with Crippen LogP contribution < -0.4 is 0 Å². The SMILES string of the molecule is Cc1cccc(C#CC=C2CCN(C(=O)O)C3(CCC3)C2)n1. The Bertz CT molecular complexity index is 678. The van der Waals surface area contributed by atoms with Gasteiger partial charge >= 0.3 is 6.09 Å². The molecule has 1 aromatic rings. The maximum Gasteiger partial charge on any atom is 0.407 e. The van der Waals surface area contributed by atoms with Crippen LogP contribution in [0.4, 0.5) is 4.79 Å². The molecule has 0 atom stereocenters. The molecule has 1 saturated carbocycles. The van der Waals surface area contributed by atoms with Crippen molar-refractivity contribution in [3.63, 3.8) is 0 Å². The highest BCUT2D eigenvalue weighted by Crippen LogP contribution is 2.45. The molecule has 1 aliphatic heterocycles. The molecule has 4 heteroatoms. The number of allylic oxidation sites excluding steroid dienone is 1. The van der Waals surface area contributed by atoms with Crippen LogP contribution in [-0.4, -0.2) is 33.2 Å². The van der Waals surface area contributed by atoms with Crippen LogP contribution in [0.3, 0.4) is 0 Å². The van der Waals surface area contributed by atoms with Crippen molar-refractivity contribution in [3.05, 3.63) is 41.2 Å². The lowest BCUT2D eigenvalue weighted by Gasteiger charge is -2.52. The van der Waals surface area contributed by atoms with Crippen molar-refractivity contribution in [1.82, 2.24) is 9.88 Å². The maximum absolute atomic E-state index is 11.4. The van der Waals surface area contributed by atoms with Crippen LogP contribution >= 0.6 is 0 Å². The quantitative estimate of drug-likeness (QED) is 0.747. The van der Waals surface area contributed by atoms with Crippen LogP contribution in [0.15, 0.2) is 29.8 Å². The van der Waals surface area contributed by atoms with Crippen LogP contribution in [0.5, 0.6) is 0 Å². The average molecular weight is 296 g/mol. The molecule has 3 rings (SSSR count). The number of hydrogen-bond acceptors (Lipinski definition) is 2. The highest BCUT2D eigenvalue weighted by molar-refractivity contribution is 5.67. The zero-order valence-electron chi connectivity index (χ0n) is 12.8. The van der Waals surface area contributed by atoms with Gasteiger partial charge in [0.15, 0.2) is 0 Å². The summed E-state index contributed by atoms with van der Waals surface area (Å²) in [6.07, 6.45) is 5.86. The summed E-state index contributed by atoms with van der Waals surface area (Å²) in [5.41, 5.74) is 2.84. The van der Waals surface area contributed by atoms with Crippen LogP contribution in [-0.2, 0) is 0 Å². The Labute approximate surface area is 130 Å². The van der Waals surface area contributed by atoms with Gasteiger partial charge < -0.3 is 10.0 Å². The summed E-state index contributed by atoms with van der Waals surface area (Å²) in [5, 5.41) is 9.35. The highest BCUT2D eigenvalue weighted by Gasteiger charge is 2.47. The molecule has 2 fully saturated rings. The summed E-state index contributed by atoms with van der Waals surface area (Å²) in [6.45, 7) is 2.54. The summed E-state index contributed by atoms with van der Waals surface area (Å²) in [5.74, 6) is 6.15. The van der Waals surface area contributed by atoms with E-state index >= 15 is 0 Å². The molecule has 22 heavy (non-hydrogen) atoms. The van der Waals surface area contributed by atoms with Crippen LogP contribution in [0.1, 0.15) is 43.5 Å². The number of aromatic nitrogens is 1. The highest BCUT2D eigenvalue weighted by atomic mass is 16.4. The first-order valence-corrected chi connectivity index (χ1v) is 7.73. The molecule has 2 heterocycles. The minimum atomic E-state index is -0.784. The van der Waals surface area contributed by atoms with Crippen LogP contribution in [0.2, 0.25) is 0 Å². The van der Waals surface area contributed by atoms with Gasteiger partial charge in [0.05, 0.1) is 0 Å². The minimum absolute atomic E-state index is 0.154. The molecule has 1 amide bonds. The molecular weight excluding hydrogens is 276 g/mol. The third-order valence-corrected chi connectivity index (χ3v) is 4.67. The standard InChI is InChI=1S/C18H20N2O2/c1-14-5-2-7-16(19-14)8-3-6-15-9-12-20(17(21)22)18(13-15)10-4-11-18/h2,5-7H,4,9-13H2,1H3,(H,21,22). The Morgan fingerprint density at radius 1 is 1.45 bits per heavy atom. The lowest BCUT2D eigenvalue weighted by atomic mass is 9.69. The molecular formula is C18H20N2O2. The van der Waals surface area contributed by atoms with Crippen molar-refractivity contribution in [2.45, 2.75) is 44.6 Å². The third-order valence-electron chi connectivity index (χ3n) is 4.67. The van der Waals surface area contributed by atoms with Gasteiger partial charge in [0, 0.05) is 17.8 Å². The topological polar surface area (TPSA) is 53.4 Å². The van der Waals surface area contributed by atoms with Gasteiger partial charge in [-0.15, -0.1) is 0 Å². The van der Waals surface area contributed by atoms with E-state index < -0.39 is 6.09 Å². The van der Waals surface area contributed by atoms with Gasteiger partial charge in [-0.3, -0.25) is 0 Å². The number of hydrogen-bond donors (Lipinski definition) is 1. The molecule has 1 spiro atoms. The largest absolute Gasteiger partial charge is 0.465 e. The van der Waals surface area contributed by atoms with Crippen molar-refractivity contribution in [1.29, 1.82) is 0 Å². The Kier molecular flexibility index (Phi) is 3.89. The molecule has 0 aromatic carbocycles. The van der Waals surface area contributed by atoms with E-state index in [9.17, 15) is 9.90 Å². The zero-order chi connectivity index (χ0) is 15.6. The van der Waals surface area contributed by atoms with Gasteiger partial charge in [-0.1, -0.05) is 17.6 Å². The molecule has 0 radical (unpaired) electrons. The minimum Gasteiger partial charge on any atom is -0.465 e. The van der Waals surface area contributed by atoms with Gasteiger partial charge in [-0.25, -0.2) is 9.78 Å². The number of amides is 1. The zero-order valence-corrected chi connectivity index (χ0v) is 12.8. The molecule has 0 bridgehead atoms. The Balaban J connectivity index is 1.73. The maximum atomic E-state index is 11.4. The Morgan fingerprint density at radius 2 is 2.27 bits per heavy atom. The summed E-state index contributed by atoms with van der Waals surface area (Å²) in [4.78, 5) is 17.4. The van der Waals surface area contributed by atoms with E-state index in [4.69, 9.17) is 0 Å². The van der Waals surface area contributed by atoms with Crippen molar-refractivity contribution >= 4 is 6.09 Å². The van der Waals surface area contributed by atoms with E-state index in [2.05, 4.69) is 16.8 Å². The van der Waals surface area contributed by atoms with Gasteiger partial charge in [0.1, 0.15) is 5.69 Å². The van der Waals surface area contributed by atoms with Crippen molar-refractivity contribution < 1.29 is 9.90 Å². The molecule has 114 valence electrons. The molecule has 4 nitrogen and oxygen atoms in total.